The average Bonchev–Trinajstić information content (AvgIpc) is 1.62. The molecule has 4 aliphatic heterocycles. The van der Waals surface area contributed by atoms with Gasteiger partial charge in [0.25, 0.3) is 0 Å². The molecule has 6 heterocycles. The van der Waals surface area contributed by atoms with Gasteiger partial charge in [-0.05, 0) is 91.2 Å². The second kappa shape index (κ2) is 26.3. The van der Waals surface area contributed by atoms with Crippen molar-refractivity contribution in [3.8, 4) is 66.5 Å². The number of pyridine rings is 1. The molecule has 8 unspecified atom stereocenters. The highest BCUT2D eigenvalue weighted by molar-refractivity contribution is 8.00. The first-order valence-electron chi connectivity index (χ1n) is 34.2. The Kier molecular flexibility index (Phi) is 16.3. The lowest BCUT2D eigenvalue weighted by Gasteiger charge is -2.41. The van der Waals surface area contributed by atoms with Gasteiger partial charge in [0.1, 0.15) is 24.2 Å². The maximum absolute atomic E-state index is 11.5. The molecule has 2 aromatic heterocycles. The maximum Gasteiger partial charge on any atom is 0.131 e. The van der Waals surface area contributed by atoms with Crippen molar-refractivity contribution in [2.75, 3.05) is 5.32 Å². The third-order valence-corrected chi connectivity index (χ3v) is 23.3. The molecule has 99 heavy (non-hydrogen) atoms. The molecule has 0 spiro atoms. The van der Waals surface area contributed by atoms with Crippen molar-refractivity contribution in [1.29, 1.82) is 10.5 Å². The summed E-state index contributed by atoms with van der Waals surface area (Å²) >= 11 is 3.49. The highest BCUT2D eigenvalue weighted by Gasteiger charge is 2.43. The second-order valence-electron chi connectivity index (χ2n) is 26.2. The Morgan fingerprint density at radius 3 is 1.79 bits per heavy atom. The molecule has 0 amide bonds. The van der Waals surface area contributed by atoms with Gasteiger partial charge in [-0.25, -0.2) is 9.98 Å². The summed E-state index contributed by atoms with van der Waals surface area (Å²) in [5.74, 6) is 0.890. The van der Waals surface area contributed by atoms with E-state index in [9.17, 15) is 10.5 Å². The van der Waals surface area contributed by atoms with Crippen LogP contribution < -0.4 is 16.0 Å². The molecule has 0 radical (unpaired) electrons. The number of fused-ring (bicyclic) bond motifs is 6. The van der Waals surface area contributed by atoms with Crippen LogP contribution in [0.1, 0.15) is 123 Å². The summed E-state index contributed by atoms with van der Waals surface area (Å²) < 4.78 is 0. The maximum atomic E-state index is 11.5. The number of thioether (sulfide) groups is 1. The fourth-order valence-electron chi connectivity index (χ4n) is 15.8. The van der Waals surface area contributed by atoms with Gasteiger partial charge in [-0.1, -0.05) is 293 Å². The minimum atomic E-state index is -0.482. The standard InChI is InChI=1S/C89H68N8S2/c1-3-68-75(55-25-9-4-10-26-55)54(2)78(58-45-47-59(48-46-58)83-72(52-90)76-80(56-27-11-5-12-28-56)92-74-44-20-19-41-70(74)85(76)98-83)93-79(68)65-38-22-36-63(50-65)62-35-21-37-64(49-62)69-42-24-43-71-82(69)94-81(57-29-13-6-14-30-57)77-73(53-91)84(99-86(71)77)66-39-23-40-67(51-66)89-96-87(60-31-15-7-16-32-60)95-88(97-89)61-33-17-8-18-34-61/h4-51,54,68,73,75,79-80,84,87,89,92,96H,3H2,1-2H3,(H,95,97)/t54-,68?,73?,75?,79?,80?,84?,87?,89?/m0/s1. The summed E-state index contributed by atoms with van der Waals surface area (Å²) in [6.07, 6.45) is 0.420. The van der Waals surface area contributed by atoms with E-state index in [1.807, 2.05) is 36.4 Å². The van der Waals surface area contributed by atoms with E-state index >= 15 is 0 Å². The van der Waals surface area contributed by atoms with Crippen molar-refractivity contribution in [3.05, 3.63) is 352 Å². The number of thiophene rings is 1. The van der Waals surface area contributed by atoms with Gasteiger partial charge in [0, 0.05) is 65.9 Å². The number of nitrogens with zero attached hydrogens (tertiary/aromatic N) is 5. The highest BCUT2D eigenvalue weighted by atomic mass is 32.2. The SMILES string of the molecule is CCC1C(c2cccc(-c3cccc(-c4cccc5c6c(c(-c7ccccc7)nc45)C(C#N)C(c4cccc(C5N=C(c7ccccc7)NC(c7ccccc7)N5)c4)S6)c3)c2)N=C(c2ccc(-c3sc4c(c3C#N)C(c3ccccc3)Nc3ccccc3-4)cc2)[C@@H](C)C1c1ccccc1. The summed E-state index contributed by atoms with van der Waals surface area (Å²) in [5.41, 5.74) is 23.0. The van der Waals surface area contributed by atoms with Gasteiger partial charge >= 0.3 is 0 Å². The fourth-order valence-corrected chi connectivity index (χ4v) is 18.7. The van der Waals surface area contributed by atoms with E-state index in [0.717, 1.165) is 144 Å². The summed E-state index contributed by atoms with van der Waals surface area (Å²) in [6, 6.07) is 108. The third-order valence-electron chi connectivity index (χ3n) is 20.5. The number of benzene rings is 11. The minimum absolute atomic E-state index is 0.122. The number of hydrogen-bond donors (Lipinski definition) is 3. The number of para-hydroxylation sites is 2. The molecule has 0 saturated carbocycles. The van der Waals surface area contributed by atoms with Crippen LogP contribution in [0.2, 0.25) is 0 Å². The number of rotatable bonds is 13. The number of anilines is 1. The second-order valence-corrected chi connectivity index (χ2v) is 28.4. The molecule has 8 nitrogen and oxygen atoms in total. The quantitative estimate of drug-likeness (QED) is 0.105. The number of hydrogen-bond acceptors (Lipinski definition) is 10. The molecule has 4 aliphatic rings. The Labute approximate surface area is 586 Å². The Bertz CT molecular complexity index is 5350. The average molecular weight is 1310 g/mol. The van der Waals surface area contributed by atoms with Gasteiger partial charge in [-0.3, -0.25) is 10.3 Å². The molecule has 0 saturated heterocycles. The fraction of sp³-hybridized carbons (Fsp3) is 0.135. The monoisotopic (exact) mass is 1310 g/mol. The molecule has 0 fully saturated rings. The number of nitriles is 2. The van der Waals surface area contributed by atoms with Gasteiger partial charge in [0.15, 0.2) is 0 Å². The van der Waals surface area contributed by atoms with Crippen LogP contribution in [0.4, 0.5) is 5.69 Å². The Balaban J connectivity index is 0.714. The van der Waals surface area contributed by atoms with Crippen molar-refractivity contribution in [1.82, 2.24) is 15.6 Å². The van der Waals surface area contributed by atoms with Crippen LogP contribution in [0, 0.1) is 34.5 Å². The number of aromatic nitrogens is 1. The number of amidine groups is 1. The van der Waals surface area contributed by atoms with Crippen molar-refractivity contribution >= 4 is 51.2 Å². The first-order chi connectivity index (χ1) is 48.9. The third kappa shape index (κ3) is 11.2. The van der Waals surface area contributed by atoms with Crippen molar-refractivity contribution in [2.45, 2.75) is 66.7 Å². The van der Waals surface area contributed by atoms with Crippen LogP contribution in [-0.4, -0.2) is 16.5 Å². The van der Waals surface area contributed by atoms with Crippen LogP contribution in [0.3, 0.4) is 0 Å². The number of aliphatic imine (C=N–C) groups is 2. The summed E-state index contributed by atoms with van der Waals surface area (Å²) in [7, 11) is 0. The summed E-state index contributed by atoms with van der Waals surface area (Å²) in [4.78, 5) is 20.1. The molecule has 476 valence electrons. The lowest BCUT2D eigenvalue weighted by molar-refractivity contribution is 0.292. The number of nitrogens with one attached hydrogen (secondary N) is 3. The Morgan fingerprint density at radius 2 is 1.06 bits per heavy atom. The molecule has 13 aromatic rings. The predicted molar refractivity (Wildman–Crippen MR) is 406 cm³/mol. The lowest BCUT2D eigenvalue weighted by Crippen LogP contribution is -2.44. The Hall–Kier alpha value is -11.2. The van der Waals surface area contributed by atoms with E-state index in [4.69, 9.17) is 15.0 Å². The predicted octanol–water partition coefficient (Wildman–Crippen LogP) is 21.8. The van der Waals surface area contributed by atoms with Crippen molar-refractivity contribution < 1.29 is 0 Å². The minimum Gasteiger partial charge on any atom is -0.374 e. The molecular weight excluding hydrogens is 1250 g/mol. The van der Waals surface area contributed by atoms with E-state index in [0.29, 0.717) is 0 Å². The molecule has 0 aliphatic carbocycles. The molecule has 10 heteroatoms. The summed E-state index contributed by atoms with van der Waals surface area (Å²) in [6.45, 7) is 4.69. The van der Waals surface area contributed by atoms with E-state index in [1.165, 1.54) is 11.1 Å². The van der Waals surface area contributed by atoms with Gasteiger partial charge < -0.3 is 10.6 Å². The van der Waals surface area contributed by atoms with Crippen LogP contribution in [-0.2, 0) is 0 Å². The van der Waals surface area contributed by atoms with Crippen LogP contribution in [0.5, 0.6) is 0 Å². The van der Waals surface area contributed by atoms with Crippen LogP contribution in [0.15, 0.2) is 306 Å². The van der Waals surface area contributed by atoms with Crippen molar-refractivity contribution in [2.24, 2.45) is 21.8 Å². The topological polar surface area (TPSA) is 121 Å². The van der Waals surface area contributed by atoms with E-state index in [1.54, 1.807) is 23.1 Å². The van der Waals surface area contributed by atoms with E-state index in [-0.39, 0.29) is 47.4 Å². The van der Waals surface area contributed by atoms with Crippen molar-refractivity contribution in [3.63, 3.8) is 0 Å². The van der Waals surface area contributed by atoms with Crippen LogP contribution >= 0.6 is 23.1 Å². The van der Waals surface area contributed by atoms with E-state index in [2.05, 4.69) is 297 Å². The molecular formula is C89H68N8S2. The first kappa shape index (κ1) is 61.4. The van der Waals surface area contributed by atoms with Gasteiger partial charge in [0.05, 0.1) is 51.0 Å². The summed E-state index contributed by atoms with van der Waals surface area (Å²) in [5, 5.41) is 34.6. The Morgan fingerprint density at radius 1 is 0.475 bits per heavy atom. The zero-order valence-corrected chi connectivity index (χ0v) is 56.3. The van der Waals surface area contributed by atoms with Gasteiger partial charge in [-0.15, -0.1) is 23.1 Å². The molecule has 0 bridgehead atoms. The molecule has 17 rings (SSSR count). The smallest absolute Gasteiger partial charge is 0.131 e. The molecule has 9 atom stereocenters. The molecule has 11 aromatic carbocycles. The largest absolute Gasteiger partial charge is 0.374 e. The van der Waals surface area contributed by atoms with Crippen LogP contribution in [0.25, 0.3) is 65.3 Å². The first-order valence-corrected chi connectivity index (χ1v) is 35.9. The zero-order chi connectivity index (χ0) is 66.5. The zero-order valence-electron chi connectivity index (χ0n) is 54.7. The molecule has 3 N–H and O–H groups in total. The highest BCUT2D eigenvalue weighted by Crippen LogP contribution is 2.60. The van der Waals surface area contributed by atoms with E-state index < -0.39 is 5.92 Å². The normalized spacial score (nSPS) is 20.5. The van der Waals surface area contributed by atoms with Gasteiger partial charge in [0.2, 0.25) is 0 Å². The lowest BCUT2D eigenvalue weighted by atomic mass is 9.67. The van der Waals surface area contributed by atoms with Gasteiger partial charge in [-0.2, -0.15) is 10.5 Å².